The molecule has 1 amide bonds. The van der Waals surface area contributed by atoms with E-state index in [0.717, 1.165) is 16.9 Å². The third-order valence-electron chi connectivity index (χ3n) is 6.26. The summed E-state index contributed by atoms with van der Waals surface area (Å²) in [6.07, 6.45) is 4.13. The van der Waals surface area contributed by atoms with Crippen LogP contribution >= 0.6 is 0 Å². The quantitative estimate of drug-likeness (QED) is 0.782. The normalized spacial score (nSPS) is 23.9. The lowest BCUT2D eigenvalue weighted by Crippen LogP contribution is -2.37. The molecule has 2 fully saturated rings. The Bertz CT molecular complexity index is 957. The van der Waals surface area contributed by atoms with Crippen LogP contribution < -0.4 is 0 Å². The first-order valence-corrected chi connectivity index (χ1v) is 10.4. The Morgan fingerprint density at radius 1 is 1.17 bits per heavy atom. The Hall–Kier alpha value is -2.37. The summed E-state index contributed by atoms with van der Waals surface area (Å²) in [6, 6.07) is 4.06. The van der Waals surface area contributed by atoms with E-state index in [2.05, 4.69) is 23.2 Å². The topological polar surface area (TPSA) is 63.9 Å². The molecule has 29 heavy (non-hydrogen) atoms. The lowest BCUT2D eigenvalue weighted by atomic mass is 9.82. The average molecular weight is 398 g/mol. The molecule has 0 radical (unpaired) electrons. The highest BCUT2D eigenvalue weighted by Crippen LogP contribution is 2.53. The van der Waals surface area contributed by atoms with Crippen molar-refractivity contribution in [3.8, 4) is 0 Å². The molecule has 3 atom stereocenters. The molecule has 0 N–H and O–H groups in total. The Kier molecular flexibility index (Phi) is 4.52. The van der Waals surface area contributed by atoms with Crippen molar-refractivity contribution in [2.45, 2.75) is 59.0 Å². The van der Waals surface area contributed by atoms with E-state index in [1.165, 1.54) is 0 Å². The summed E-state index contributed by atoms with van der Waals surface area (Å²) >= 11 is 0. The average Bonchev–Trinajstić information content (AvgIpc) is 2.96. The number of aromatic nitrogens is 2. The van der Waals surface area contributed by atoms with Gasteiger partial charge in [-0.3, -0.25) is 4.79 Å². The molecule has 4 rings (SSSR count). The highest BCUT2D eigenvalue weighted by atomic mass is 16.6. The Morgan fingerprint density at radius 3 is 2.45 bits per heavy atom. The summed E-state index contributed by atoms with van der Waals surface area (Å²) < 4.78 is 7.56. The van der Waals surface area contributed by atoms with Crippen molar-refractivity contribution in [1.82, 2.24) is 14.3 Å². The number of nitrogens with zero attached hydrogens (tertiary/aromatic N) is 3. The van der Waals surface area contributed by atoms with Gasteiger partial charge in [-0.05, 0) is 51.2 Å². The second-order valence-electron chi connectivity index (χ2n) is 10.3. The second-order valence-corrected chi connectivity index (χ2v) is 10.3. The van der Waals surface area contributed by atoms with Gasteiger partial charge in [-0.15, -0.1) is 0 Å². The van der Waals surface area contributed by atoms with E-state index in [1.807, 2.05) is 52.2 Å². The van der Waals surface area contributed by atoms with Gasteiger partial charge in [0, 0.05) is 48.9 Å². The van der Waals surface area contributed by atoms with E-state index in [9.17, 15) is 9.59 Å². The number of rotatable bonds is 4. The number of likely N-dealkylation sites (tertiary alicyclic amines) is 1. The molecular weight excluding hydrogens is 366 g/mol. The number of piperidine rings is 1. The molecule has 0 spiro atoms. The fourth-order valence-corrected chi connectivity index (χ4v) is 4.78. The van der Waals surface area contributed by atoms with Gasteiger partial charge >= 0.3 is 6.09 Å². The SMILES string of the molecule is Cc1cccn2c(C(C)(C)CC(=O)C3[C@H]4CN(C(=O)OC(C)(C)C)C[C@@H]34)cnc12. The molecular formula is C23H31N3O3. The fourth-order valence-electron chi connectivity index (χ4n) is 4.78. The van der Waals surface area contributed by atoms with Gasteiger partial charge in [-0.2, -0.15) is 0 Å². The molecule has 2 aromatic heterocycles. The van der Waals surface area contributed by atoms with Crippen LogP contribution in [0.15, 0.2) is 24.5 Å². The minimum atomic E-state index is -0.491. The summed E-state index contributed by atoms with van der Waals surface area (Å²) in [5.41, 5.74) is 2.34. The van der Waals surface area contributed by atoms with E-state index in [0.29, 0.717) is 25.3 Å². The lowest BCUT2D eigenvalue weighted by Gasteiger charge is -2.27. The molecule has 1 aliphatic heterocycles. The number of ether oxygens (including phenoxy) is 1. The summed E-state index contributed by atoms with van der Waals surface area (Å²) in [5.74, 6) is 0.954. The highest BCUT2D eigenvalue weighted by molar-refractivity contribution is 5.86. The van der Waals surface area contributed by atoms with Gasteiger partial charge in [0.25, 0.3) is 0 Å². The van der Waals surface area contributed by atoms with Gasteiger partial charge < -0.3 is 14.0 Å². The second kappa shape index (κ2) is 6.57. The minimum Gasteiger partial charge on any atom is -0.444 e. The van der Waals surface area contributed by atoms with Crippen LogP contribution in [0.3, 0.4) is 0 Å². The molecule has 156 valence electrons. The van der Waals surface area contributed by atoms with Crippen LogP contribution in [0.5, 0.6) is 0 Å². The number of ketones is 1. The van der Waals surface area contributed by atoms with Crippen LogP contribution in [0.4, 0.5) is 4.79 Å². The van der Waals surface area contributed by atoms with Crippen molar-refractivity contribution in [2.75, 3.05) is 13.1 Å². The number of hydrogen-bond donors (Lipinski definition) is 0. The molecule has 0 bridgehead atoms. The van der Waals surface area contributed by atoms with Crippen molar-refractivity contribution in [1.29, 1.82) is 0 Å². The monoisotopic (exact) mass is 397 g/mol. The van der Waals surface area contributed by atoms with Crippen LogP contribution in [0.2, 0.25) is 0 Å². The fraction of sp³-hybridized carbons (Fsp3) is 0.609. The van der Waals surface area contributed by atoms with Crippen molar-refractivity contribution in [3.05, 3.63) is 35.8 Å². The minimum absolute atomic E-state index is 0.0777. The highest BCUT2D eigenvalue weighted by Gasteiger charge is 2.60. The van der Waals surface area contributed by atoms with Crippen molar-refractivity contribution in [2.24, 2.45) is 17.8 Å². The predicted octanol–water partition coefficient (Wildman–Crippen LogP) is 3.99. The Morgan fingerprint density at radius 2 is 1.83 bits per heavy atom. The maximum atomic E-state index is 13.1. The van der Waals surface area contributed by atoms with Crippen LogP contribution in [0.25, 0.3) is 5.65 Å². The zero-order chi connectivity index (χ0) is 21.1. The molecule has 6 nitrogen and oxygen atoms in total. The van der Waals surface area contributed by atoms with Crippen LogP contribution in [-0.2, 0) is 14.9 Å². The molecule has 3 heterocycles. The maximum absolute atomic E-state index is 13.1. The van der Waals surface area contributed by atoms with Crippen LogP contribution in [-0.4, -0.2) is 44.9 Å². The summed E-state index contributed by atoms with van der Waals surface area (Å²) in [6.45, 7) is 13.2. The first kappa shape index (κ1) is 19.9. The number of carbonyl (C=O) groups is 2. The van der Waals surface area contributed by atoms with Gasteiger partial charge in [-0.25, -0.2) is 9.78 Å². The largest absolute Gasteiger partial charge is 0.444 e. The summed E-state index contributed by atoms with van der Waals surface area (Å²) in [4.78, 5) is 31.6. The summed E-state index contributed by atoms with van der Waals surface area (Å²) in [5, 5.41) is 0. The number of fused-ring (bicyclic) bond motifs is 2. The van der Waals surface area contributed by atoms with Gasteiger partial charge in [0.1, 0.15) is 17.0 Å². The molecule has 2 aromatic rings. The third-order valence-corrected chi connectivity index (χ3v) is 6.26. The van der Waals surface area contributed by atoms with Crippen molar-refractivity contribution in [3.63, 3.8) is 0 Å². The molecule has 1 aliphatic carbocycles. The van der Waals surface area contributed by atoms with E-state index in [1.54, 1.807) is 4.90 Å². The first-order valence-electron chi connectivity index (χ1n) is 10.4. The number of pyridine rings is 1. The van der Waals surface area contributed by atoms with Gasteiger partial charge in [0.15, 0.2) is 0 Å². The Balaban J connectivity index is 1.40. The molecule has 1 saturated heterocycles. The molecule has 0 aromatic carbocycles. The molecule has 1 saturated carbocycles. The standard InChI is InChI=1S/C23H31N3O3/c1-14-8-7-9-26-18(11-24-20(14)26)23(5,6)10-17(27)19-15-12-25(13-16(15)19)21(28)29-22(2,3)4/h7-9,11,15-16,19H,10,12-13H2,1-6H3/t15-,16+,19?. The van der Waals surface area contributed by atoms with Crippen molar-refractivity contribution >= 4 is 17.5 Å². The van der Waals surface area contributed by atoms with Gasteiger partial charge in [-0.1, -0.05) is 19.9 Å². The summed E-state index contributed by atoms with van der Waals surface area (Å²) in [7, 11) is 0. The van der Waals surface area contributed by atoms with Gasteiger partial charge in [0.05, 0.1) is 0 Å². The predicted molar refractivity (Wildman–Crippen MR) is 111 cm³/mol. The number of amides is 1. The van der Waals surface area contributed by atoms with E-state index < -0.39 is 5.60 Å². The van der Waals surface area contributed by atoms with Crippen molar-refractivity contribution < 1.29 is 14.3 Å². The number of hydrogen-bond acceptors (Lipinski definition) is 4. The number of aryl methyl sites for hydroxylation is 1. The van der Waals surface area contributed by atoms with E-state index in [-0.39, 0.29) is 29.3 Å². The third kappa shape index (κ3) is 3.65. The van der Waals surface area contributed by atoms with E-state index in [4.69, 9.17) is 4.74 Å². The van der Waals surface area contributed by atoms with Crippen LogP contribution in [0, 0.1) is 24.7 Å². The van der Waals surface area contributed by atoms with Crippen LogP contribution in [0.1, 0.15) is 52.3 Å². The smallest absolute Gasteiger partial charge is 0.410 e. The number of Topliss-reactive ketones (excluding diaryl/α,β-unsaturated/α-hetero) is 1. The number of imidazole rings is 1. The maximum Gasteiger partial charge on any atom is 0.410 e. The lowest BCUT2D eigenvalue weighted by molar-refractivity contribution is -0.122. The molecule has 1 unspecified atom stereocenters. The van der Waals surface area contributed by atoms with Gasteiger partial charge in [0.2, 0.25) is 0 Å². The zero-order valence-corrected chi connectivity index (χ0v) is 18.2. The number of carbonyl (C=O) groups excluding carboxylic acids is 2. The Labute approximate surface area is 172 Å². The van der Waals surface area contributed by atoms with E-state index >= 15 is 0 Å². The molecule has 6 heteroatoms. The molecule has 2 aliphatic rings. The zero-order valence-electron chi connectivity index (χ0n) is 18.2. The first-order chi connectivity index (χ1) is 13.5.